The first-order valence-corrected chi connectivity index (χ1v) is 11.7. The van der Waals surface area contributed by atoms with Crippen molar-refractivity contribution in [2.75, 3.05) is 26.2 Å². The zero-order chi connectivity index (χ0) is 23.9. The van der Waals surface area contributed by atoms with Gasteiger partial charge in [-0.25, -0.2) is 0 Å². The van der Waals surface area contributed by atoms with Gasteiger partial charge in [-0.1, -0.05) is 84.9 Å². The molecule has 3 aromatic carbocycles. The Morgan fingerprint density at radius 2 is 1.32 bits per heavy atom. The molecule has 5 heteroatoms. The van der Waals surface area contributed by atoms with Gasteiger partial charge in [-0.3, -0.25) is 14.5 Å². The molecular weight excluding hydrogens is 422 g/mol. The lowest BCUT2D eigenvalue weighted by atomic mass is 9.96. The van der Waals surface area contributed by atoms with Crippen molar-refractivity contribution in [3.8, 4) is 0 Å². The van der Waals surface area contributed by atoms with Crippen molar-refractivity contribution >= 4 is 17.9 Å². The molecule has 0 saturated carbocycles. The minimum absolute atomic E-state index is 0.136. The van der Waals surface area contributed by atoms with Crippen LogP contribution in [0.15, 0.2) is 90.6 Å². The molecule has 34 heavy (non-hydrogen) atoms. The van der Waals surface area contributed by atoms with Gasteiger partial charge in [0.15, 0.2) is 0 Å². The minimum atomic E-state index is -0.250. The van der Waals surface area contributed by atoms with Crippen molar-refractivity contribution in [3.63, 3.8) is 0 Å². The van der Waals surface area contributed by atoms with E-state index in [0.29, 0.717) is 18.8 Å². The Hall–Kier alpha value is -3.70. The summed E-state index contributed by atoms with van der Waals surface area (Å²) >= 11 is 0. The molecule has 1 heterocycles. The Morgan fingerprint density at radius 1 is 0.794 bits per heavy atom. The number of nitrogens with one attached hydrogen (secondary N) is 1. The summed E-state index contributed by atoms with van der Waals surface area (Å²) in [5.41, 5.74) is 4.78. The summed E-state index contributed by atoms with van der Waals surface area (Å²) in [7, 11) is 0. The van der Waals surface area contributed by atoms with Crippen molar-refractivity contribution in [3.05, 3.63) is 113 Å². The van der Waals surface area contributed by atoms with Crippen molar-refractivity contribution in [2.24, 2.45) is 0 Å². The summed E-state index contributed by atoms with van der Waals surface area (Å²) in [4.78, 5) is 29.5. The van der Waals surface area contributed by atoms with Gasteiger partial charge >= 0.3 is 0 Å². The number of amides is 2. The SMILES string of the molecule is CC(=O)N/C(=C\c1ccccc1C)C(=O)N1CCN(C(c2ccccc2)c2ccccc2)CC1. The van der Waals surface area contributed by atoms with Gasteiger partial charge in [-0.2, -0.15) is 0 Å². The molecule has 0 atom stereocenters. The Bertz CT molecular complexity index is 1110. The fourth-order valence-corrected chi connectivity index (χ4v) is 4.48. The number of piperazine rings is 1. The first-order valence-electron chi connectivity index (χ1n) is 11.7. The number of hydrogen-bond donors (Lipinski definition) is 1. The van der Waals surface area contributed by atoms with Crippen molar-refractivity contribution < 1.29 is 9.59 Å². The molecule has 1 aliphatic heterocycles. The van der Waals surface area contributed by atoms with Crippen LogP contribution in [-0.4, -0.2) is 47.8 Å². The summed E-state index contributed by atoms with van der Waals surface area (Å²) < 4.78 is 0. The Balaban J connectivity index is 1.52. The van der Waals surface area contributed by atoms with E-state index in [1.54, 1.807) is 6.08 Å². The summed E-state index contributed by atoms with van der Waals surface area (Å²) in [5.74, 6) is -0.394. The smallest absolute Gasteiger partial charge is 0.270 e. The molecule has 4 rings (SSSR count). The molecular formula is C29H31N3O2. The molecule has 2 amide bonds. The fourth-order valence-electron chi connectivity index (χ4n) is 4.48. The Morgan fingerprint density at radius 3 is 1.85 bits per heavy atom. The molecule has 174 valence electrons. The third-order valence-electron chi connectivity index (χ3n) is 6.23. The molecule has 1 fully saturated rings. The number of benzene rings is 3. The number of nitrogens with zero attached hydrogens (tertiary/aromatic N) is 2. The van der Waals surface area contributed by atoms with Crippen LogP contribution >= 0.6 is 0 Å². The second-order valence-electron chi connectivity index (χ2n) is 8.65. The normalized spacial score (nSPS) is 14.8. The maximum atomic E-state index is 13.4. The molecule has 1 aliphatic rings. The molecule has 0 bridgehead atoms. The van der Waals surface area contributed by atoms with Crippen molar-refractivity contribution in [1.29, 1.82) is 0 Å². The highest BCUT2D eigenvalue weighted by Crippen LogP contribution is 2.29. The predicted octanol–water partition coefficient (Wildman–Crippen LogP) is 4.41. The Kier molecular flexibility index (Phi) is 7.55. The number of hydrogen-bond acceptors (Lipinski definition) is 3. The lowest BCUT2D eigenvalue weighted by molar-refractivity contribution is -0.131. The van der Waals surface area contributed by atoms with Crippen LogP contribution in [0.4, 0.5) is 0 Å². The molecule has 5 nitrogen and oxygen atoms in total. The van der Waals surface area contributed by atoms with Crippen LogP contribution in [0, 0.1) is 6.92 Å². The summed E-state index contributed by atoms with van der Waals surface area (Å²) in [6.45, 7) is 6.12. The number of carbonyl (C=O) groups excluding carboxylic acids is 2. The van der Waals surface area contributed by atoms with Crippen LogP contribution in [-0.2, 0) is 9.59 Å². The Labute approximate surface area is 201 Å². The third kappa shape index (κ3) is 5.61. The lowest BCUT2D eigenvalue weighted by Gasteiger charge is -2.40. The van der Waals surface area contributed by atoms with Gasteiger partial charge in [-0.15, -0.1) is 0 Å². The van der Waals surface area contributed by atoms with Crippen LogP contribution in [0.5, 0.6) is 0 Å². The topological polar surface area (TPSA) is 52.7 Å². The van der Waals surface area contributed by atoms with E-state index in [-0.39, 0.29) is 17.9 Å². The first-order chi connectivity index (χ1) is 16.5. The van der Waals surface area contributed by atoms with E-state index in [4.69, 9.17) is 0 Å². The van der Waals surface area contributed by atoms with E-state index in [0.717, 1.165) is 24.2 Å². The maximum absolute atomic E-state index is 13.4. The molecule has 0 aromatic heterocycles. The summed E-state index contributed by atoms with van der Waals surface area (Å²) in [6, 6.07) is 29.0. The highest BCUT2D eigenvalue weighted by Gasteiger charge is 2.29. The molecule has 3 aromatic rings. The molecule has 0 aliphatic carbocycles. The van der Waals surface area contributed by atoms with Gasteiger partial charge in [0, 0.05) is 33.1 Å². The van der Waals surface area contributed by atoms with Gasteiger partial charge in [0.1, 0.15) is 5.70 Å². The highest BCUT2D eigenvalue weighted by atomic mass is 16.2. The highest BCUT2D eigenvalue weighted by molar-refractivity contribution is 6.01. The monoisotopic (exact) mass is 453 g/mol. The van der Waals surface area contributed by atoms with Gasteiger partial charge in [0.2, 0.25) is 5.91 Å². The standard InChI is InChI=1S/C29H31N3O2/c1-22-11-9-10-16-26(22)21-27(30-23(2)33)29(34)32-19-17-31(18-20-32)28(24-12-5-3-6-13-24)25-14-7-4-8-15-25/h3-16,21,28H,17-20H2,1-2H3,(H,30,33)/b27-21-. The van der Waals surface area contributed by atoms with E-state index in [2.05, 4.69) is 58.7 Å². The second-order valence-corrected chi connectivity index (χ2v) is 8.65. The third-order valence-corrected chi connectivity index (χ3v) is 6.23. The number of aryl methyl sites for hydroxylation is 1. The minimum Gasteiger partial charge on any atom is -0.335 e. The van der Waals surface area contributed by atoms with Gasteiger partial charge in [0.05, 0.1) is 6.04 Å². The predicted molar refractivity (Wildman–Crippen MR) is 136 cm³/mol. The van der Waals surface area contributed by atoms with Crippen LogP contribution in [0.2, 0.25) is 0 Å². The second kappa shape index (κ2) is 10.9. The molecule has 0 radical (unpaired) electrons. The van der Waals surface area contributed by atoms with E-state index >= 15 is 0 Å². The van der Waals surface area contributed by atoms with Crippen LogP contribution in [0.25, 0.3) is 6.08 Å². The van der Waals surface area contributed by atoms with Gasteiger partial charge < -0.3 is 10.2 Å². The molecule has 0 unspecified atom stereocenters. The van der Waals surface area contributed by atoms with Gasteiger partial charge in [0.25, 0.3) is 5.91 Å². The van der Waals surface area contributed by atoms with E-state index in [1.807, 2.05) is 48.2 Å². The molecule has 0 spiro atoms. The molecule has 1 saturated heterocycles. The first kappa shape index (κ1) is 23.5. The van der Waals surface area contributed by atoms with Crippen molar-refractivity contribution in [1.82, 2.24) is 15.1 Å². The molecule has 1 N–H and O–H groups in total. The largest absolute Gasteiger partial charge is 0.335 e. The van der Waals surface area contributed by atoms with Gasteiger partial charge in [-0.05, 0) is 35.3 Å². The fraction of sp³-hybridized carbons (Fsp3) is 0.241. The summed E-state index contributed by atoms with van der Waals surface area (Å²) in [5, 5.41) is 2.76. The number of rotatable bonds is 6. The van der Waals surface area contributed by atoms with E-state index < -0.39 is 0 Å². The zero-order valence-corrected chi connectivity index (χ0v) is 19.8. The average Bonchev–Trinajstić information content (AvgIpc) is 2.86. The number of carbonyl (C=O) groups is 2. The average molecular weight is 454 g/mol. The van der Waals surface area contributed by atoms with Crippen LogP contribution in [0.3, 0.4) is 0 Å². The van der Waals surface area contributed by atoms with Crippen LogP contribution in [0.1, 0.15) is 35.2 Å². The van der Waals surface area contributed by atoms with E-state index in [9.17, 15) is 9.59 Å². The zero-order valence-electron chi connectivity index (χ0n) is 19.8. The maximum Gasteiger partial charge on any atom is 0.270 e. The van der Waals surface area contributed by atoms with Crippen molar-refractivity contribution in [2.45, 2.75) is 19.9 Å². The summed E-state index contributed by atoms with van der Waals surface area (Å²) in [6.07, 6.45) is 1.78. The van der Waals surface area contributed by atoms with E-state index in [1.165, 1.54) is 18.1 Å². The van der Waals surface area contributed by atoms with Crippen LogP contribution < -0.4 is 5.32 Å². The quantitative estimate of drug-likeness (QED) is 0.563. The lowest BCUT2D eigenvalue weighted by Crippen LogP contribution is -2.51.